The van der Waals surface area contributed by atoms with Crippen LogP contribution in [0.25, 0.3) is 16.9 Å². The molecule has 3 aromatic rings. The average molecular weight is 393 g/mol. The van der Waals surface area contributed by atoms with Gasteiger partial charge in [-0.05, 0) is 32.9 Å². The number of benzene rings is 2. The third kappa shape index (κ3) is 4.29. The molecule has 150 valence electrons. The first-order valence-electron chi connectivity index (χ1n) is 9.13. The summed E-state index contributed by atoms with van der Waals surface area (Å²) in [6.07, 6.45) is -0.670. The van der Waals surface area contributed by atoms with Gasteiger partial charge in [-0.15, -0.1) is 0 Å². The van der Waals surface area contributed by atoms with Crippen LogP contribution in [0.15, 0.2) is 60.7 Å². The predicted molar refractivity (Wildman–Crippen MR) is 111 cm³/mol. The van der Waals surface area contributed by atoms with E-state index in [2.05, 4.69) is 5.10 Å². The summed E-state index contributed by atoms with van der Waals surface area (Å²) < 4.78 is 6.90. The van der Waals surface area contributed by atoms with E-state index in [0.29, 0.717) is 11.3 Å². The van der Waals surface area contributed by atoms with Gasteiger partial charge in [0.15, 0.2) is 5.82 Å². The fraction of sp³-hybridized carbons (Fsp3) is 0.227. The molecular formula is C22H23N3O4. The number of amides is 1. The van der Waals surface area contributed by atoms with Crippen molar-refractivity contribution in [2.75, 3.05) is 11.9 Å². The normalized spacial score (nSPS) is 11.2. The highest BCUT2D eigenvalue weighted by Gasteiger charge is 2.32. The summed E-state index contributed by atoms with van der Waals surface area (Å²) in [6, 6.07) is 18.1. The van der Waals surface area contributed by atoms with Crippen molar-refractivity contribution < 1.29 is 19.4 Å². The van der Waals surface area contributed by atoms with Crippen LogP contribution in [-0.4, -0.2) is 39.6 Å². The van der Waals surface area contributed by atoms with E-state index in [-0.39, 0.29) is 17.1 Å². The molecule has 0 saturated carbocycles. The number of carboxylic acids is 1. The second kappa shape index (κ2) is 7.79. The Labute approximate surface area is 169 Å². The average Bonchev–Trinajstić information content (AvgIpc) is 3.08. The van der Waals surface area contributed by atoms with Gasteiger partial charge in [-0.1, -0.05) is 48.5 Å². The number of carboxylic acid groups (broad SMARTS) is 1. The third-order valence-corrected chi connectivity index (χ3v) is 4.11. The maximum atomic E-state index is 12.7. The molecule has 0 fully saturated rings. The van der Waals surface area contributed by atoms with Gasteiger partial charge in [-0.2, -0.15) is 5.10 Å². The van der Waals surface area contributed by atoms with E-state index in [0.717, 1.165) is 0 Å². The van der Waals surface area contributed by atoms with Crippen molar-refractivity contribution in [3.63, 3.8) is 0 Å². The molecule has 0 aliphatic rings. The van der Waals surface area contributed by atoms with Crippen molar-refractivity contribution in [3.8, 4) is 16.9 Å². The zero-order valence-corrected chi connectivity index (χ0v) is 16.8. The molecule has 0 aliphatic heterocycles. The smallest absolute Gasteiger partial charge is 0.415 e. The Bertz CT molecular complexity index is 1020. The highest BCUT2D eigenvalue weighted by atomic mass is 16.6. The molecule has 1 amide bonds. The van der Waals surface area contributed by atoms with Crippen molar-refractivity contribution in [2.24, 2.45) is 0 Å². The fourth-order valence-electron chi connectivity index (χ4n) is 2.88. The molecular weight excluding hydrogens is 370 g/mol. The van der Waals surface area contributed by atoms with Crippen LogP contribution in [-0.2, 0) is 4.74 Å². The molecule has 0 bridgehead atoms. The van der Waals surface area contributed by atoms with Gasteiger partial charge in [0.2, 0.25) is 0 Å². The zero-order valence-electron chi connectivity index (χ0n) is 16.8. The minimum absolute atomic E-state index is 0.0755. The SMILES string of the molecule is CN(C(=O)OC(C)(C)C)c1c(C(=O)O)c(-c2ccccc2)nn1-c1ccccc1. The van der Waals surface area contributed by atoms with Gasteiger partial charge in [0.25, 0.3) is 0 Å². The van der Waals surface area contributed by atoms with Crippen LogP contribution in [0.1, 0.15) is 31.1 Å². The molecule has 3 rings (SSSR count). The third-order valence-electron chi connectivity index (χ3n) is 4.11. The van der Waals surface area contributed by atoms with E-state index in [9.17, 15) is 14.7 Å². The molecule has 2 aromatic carbocycles. The number of anilines is 1. The molecule has 29 heavy (non-hydrogen) atoms. The standard InChI is InChI=1S/C22H23N3O4/c1-22(2,3)29-21(28)24(4)19-17(20(26)27)18(15-11-7-5-8-12-15)23-25(19)16-13-9-6-10-14-16/h5-14H,1-4H3,(H,26,27). The molecule has 0 aliphatic carbocycles. The molecule has 1 aromatic heterocycles. The van der Waals surface area contributed by atoms with Crippen molar-refractivity contribution >= 4 is 17.9 Å². The fourth-order valence-corrected chi connectivity index (χ4v) is 2.88. The predicted octanol–water partition coefficient (Wildman–Crippen LogP) is 4.61. The van der Waals surface area contributed by atoms with Crippen LogP contribution < -0.4 is 4.90 Å². The first-order valence-corrected chi connectivity index (χ1v) is 9.13. The van der Waals surface area contributed by atoms with Crippen LogP contribution in [0, 0.1) is 0 Å². The number of hydrogen-bond acceptors (Lipinski definition) is 4. The highest BCUT2D eigenvalue weighted by Crippen LogP contribution is 2.33. The van der Waals surface area contributed by atoms with Crippen molar-refractivity contribution in [1.82, 2.24) is 9.78 Å². The maximum absolute atomic E-state index is 12.7. The molecule has 1 heterocycles. The summed E-state index contributed by atoms with van der Waals surface area (Å²) in [5.41, 5.74) is 0.732. The summed E-state index contributed by atoms with van der Waals surface area (Å²) in [5.74, 6) is -1.06. The van der Waals surface area contributed by atoms with Gasteiger partial charge in [-0.3, -0.25) is 4.90 Å². The van der Waals surface area contributed by atoms with Gasteiger partial charge in [0.1, 0.15) is 16.9 Å². The van der Waals surface area contributed by atoms with Gasteiger partial charge < -0.3 is 9.84 Å². The lowest BCUT2D eigenvalue weighted by Gasteiger charge is -2.25. The molecule has 0 unspecified atom stereocenters. The Kier molecular flexibility index (Phi) is 5.41. The summed E-state index contributed by atoms with van der Waals surface area (Å²) >= 11 is 0. The topological polar surface area (TPSA) is 84.7 Å². The number of carbonyl (C=O) groups is 2. The van der Waals surface area contributed by atoms with Crippen LogP contribution in [0.3, 0.4) is 0 Å². The Morgan fingerprint density at radius 2 is 1.55 bits per heavy atom. The van der Waals surface area contributed by atoms with Crippen molar-refractivity contribution in [1.29, 1.82) is 0 Å². The van der Waals surface area contributed by atoms with Gasteiger partial charge in [-0.25, -0.2) is 14.3 Å². The first kappa shape index (κ1) is 20.1. The largest absolute Gasteiger partial charge is 0.477 e. The zero-order chi connectivity index (χ0) is 21.2. The van der Waals surface area contributed by atoms with E-state index in [1.165, 1.54) is 16.6 Å². The number of ether oxygens (including phenoxy) is 1. The monoisotopic (exact) mass is 393 g/mol. The number of aromatic nitrogens is 2. The highest BCUT2D eigenvalue weighted by molar-refractivity contribution is 6.04. The summed E-state index contributed by atoms with van der Waals surface area (Å²) in [4.78, 5) is 26.2. The van der Waals surface area contributed by atoms with Gasteiger partial charge in [0.05, 0.1) is 5.69 Å². The number of rotatable bonds is 4. The number of carbonyl (C=O) groups excluding carboxylic acids is 1. The first-order chi connectivity index (χ1) is 13.7. The molecule has 0 atom stereocenters. The van der Waals surface area contributed by atoms with Crippen LogP contribution in [0.2, 0.25) is 0 Å². The minimum atomic E-state index is -1.18. The molecule has 0 radical (unpaired) electrons. The lowest BCUT2D eigenvalue weighted by atomic mass is 10.1. The quantitative estimate of drug-likeness (QED) is 0.700. The van der Waals surface area contributed by atoms with Crippen LogP contribution in [0.4, 0.5) is 10.6 Å². The summed E-state index contributed by atoms with van der Waals surface area (Å²) in [5, 5.41) is 14.6. The van der Waals surface area contributed by atoms with Gasteiger partial charge in [0, 0.05) is 12.6 Å². The summed E-state index contributed by atoms with van der Waals surface area (Å²) in [6.45, 7) is 5.25. The van der Waals surface area contributed by atoms with E-state index >= 15 is 0 Å². The Balaban J connectivity index is 2.25. The number of hydrogen-bond donors (Lipinski definition) is 1. The second-order valence-electron chi connectivity index (χ2n) is 7.51. The van der Waals surface area contributed by atoms with E-state index in [4.69, 9.17) is 4.74 Å². The van der Waals surface area contributed by atoms with Gasteiger partial charge >= 0.3 is 12.1 Å². The van der Waals surface area contributed by atoms with E-state index in [1.807, 2.05) is 24.3 Å². The molecule has 0 saturated heterocycles. The van der Waals surface area contributed by atoms with Crippen molar-refractivity contribution in [2.45, 2.75) is 26.4 Å². The minimum Gasteiger partial charge on any atom is -0.477 e. The number of nitrogens with zero attached hydrogens (tertiary/aromatic N) is 3. The lowest BCUT2D eigenvalue weighted by Crippen LogP contribution is -2.36. The van der Waals surface area contributed by atoms with Crippen LogP contribution in [0.5, 0.6) is 0 Å². The van der Waals surface area contributed by atoms with E-state index < -0.39 is 17.7 Å². The number of para-hydroxylation sites is 1. The van der Waals surface area contributed by atoms with Crippen molar-refractivity contribution in [3.05, 3.63) is 66.2 Å². The second-order valence-corrected chi connectivity index (χ2v) is 7.51. The Morgan fingerprint density at radius 3 is 2.07 bits per heavy atom. The Hall–Kier alpha value is -3.61. The lowest BCUT2D eigenvalue weighted by molar-refractivity contribution is 0.0587. The summed E-state index contributed by atoms with van der Waals surface area (Å²) in [7, 11) is 1.48. The molecule has 7 nitrogen and oxygen atoms in total. The molecule has 1 N–H and O–H groups in total. The number of aromatic carboxylic acids is 1. The van der Waals surface area contributed by atoms with Crippen LogP contribution >= 0.6 is 0 Å². The maximum Gasteiger partial charge on any atom is 0.415 e. The molecule has 0 spiro atoms. The van der Waals surface area contributed by atoms with E-state index in [1.54, 1.807) is 57.2 Å². The Morgan fingerprint density at radius 1 is 1.00 bits per heavy atom. The molecule has 7 heteroatoms.